The summed E-state index contributed by atoms with van der Waals surface area (Å²) in [6, 6.07) is 47.9. The maximum atomic E-state index is 6.48. The first-order valence-electron chi connectivity index (χ1n) is 20.5. The Hall–Kier alpha value is -6.00. The van der Waals surface area contributed by atoms with Gasteiger partial charge in [-0.15, -0.1) is 0 Å². The lowest BCUT2D eigenvalue weighted by atomic mass is 9.58. The maximum Gasteiger partial charge on any atom is 0.198 e. The van der Waals surface area contributed by atoms with Gasteiger partial charge in [-0.1, -0.05) is 140 Å². The Morgan fingerprint density at radius 3 is 2.09 bits per heavy atom. The Morgan fingerprint density at radius 1 is 0.561 bits per heavy atom. The van der Waals surface area contributed by atoms with Gasteiger partial charge < -0.3 is 14.3 Å². The summed E-state index contributed by atoms with van der Waals surface area (Å²) in [4.78, 5) is 0. The van der Waals surface area contributed by atoms with Gasteiger partial charge in [-0.2, -0.15) is 0 Å². The van der Waals surface area contributed by atoms with Gasteiger partial charge in [0.25, 0.3) is 0 Å². The Balaban J connectivity index is 1.20. The molecule has 9 aromatic rings. The first-order chi connectivity index (χ1) is 27.3. The summed E-state index contributed by atoms with van der Waals surface area (Å²) in [5, 5.41) is 8.75. The van der Waals surface area contributed by atoms with Crippen LogP contribution in [-0.2, 0) is 16.2 Å². The van der Waals surface area contributed by atoms with Gasteiger partial charge in [-0.05, 0) is 104 Å². The minimum atomic E-state index is -0.130. The predicted octanol–water partition coefficient (Wildman–Crippen LogP) is 12.7. The molecule has 1 aliphatic heterocycles. The van der Waals surface area contributed by atoms with Crippen LogP contribution in [0.1, 0.15) is 77.6 Å². The normalized spacial score (nSPS) is 14.2. The van der Waals surface area contributed by atoms with Crippen molar-refractivity contribution in [1.82, 2.24) is 4.57 Å². The Labute approximate surface area is 335 Å². The second-order valence-electron chi connectivity index (χ2n) is 19.1. The fourth-order valence-corrected chi connectivity index (χ4v) is 9.96. The van der Waals surface area contributed by atoms with Crippen LogP contribution in [0.25, 0.3) is 71.7 Å². The molecule has 1 aliphatic carbocycles. The van der Waals surface area contributed by atoms with E-state index in [2.05, 4.69) is 193 Å². The number of nitrogens with zero attached hydrogens (tertiary/aromatic N) is 1. The van der Waals surface area contributed by atoms with E-state index in [4.69, 9.17) is 4.42 Å². The summed E-state index contributed by atoms with van der Waals surface area (Å²) in [5.41, 5.74) is 21.2. The zero-order valence-corrected chi connectivity index (χ0v) is 34.2. The molecule has 0 radical (unpaired) electrons. The smallest absolute Gasteiger partial charge is 0.198 e. The van der Waals surface area contributed by atoms with Crippen molar-refractivity contribution < 1.29 is 4.42 Å². The number of nitrogens with one attached hydrogen (secondary N) is 1. The van der Waals surface area contributed by atoms with E-state index in [-0.39, 0.29) is 16.2 Å². The Kier molecular flexibility index (Phi) is 6.94. The molecule has 7 aromatic carbocycles. The molecule has 0 amide bonds. The van der Waals surface area contributed by atoms with Crippen LogP contribution < -0.4 is 16.2 Å². The molecule has 0 unspecified atom stereocenters. The average molecular weight is 739 g/mol. The molecule has 11 rings (SSSR count). The first-order valence-corrected chi connectivity index (χ1v) is 20.5. The molecule has 57 heavy (non-hydrogen) atoms. The summed E-state index contributed by atoms with van der Waals surface area (Å²) in [7, 11) is 0.849. The molecule has 3 heterocycles. The lowest BCUT2D eigenvalue weighted by Crippen LogP contribution is -2.38. The van der Waals surface area contributed by atoms with Crippen molar-refractivity contribution in [3.63, 3.8) is 0 Å². The highest BCUT2D eigenvalue weighted by Gasteiger charge is 2.37. The monoisotopic (exact) mass is 738 g/mol. The van der Waals surface area contributed by atoms with Gasteiger partial charge in [0.1, 0.15) is 11.2 Å². The molecule has 0 saturated carbocycles. The number of aromatic nitrogens is 1. The van der Waals surface area contributed by atoms with E-state index < -0.39 is 0 Å². The second-order valence-corrected chi connectivity index (χ2v) is 19.1. The molecule has 0 saturated heterocycles. The van der Waals surface area contributed by atoms with Crippen LogP contribution in [0.3, 0.4) is 0 Å². The molecule has 0 spiro atoms. The molecule has 2 aliphatic rings. The molecule has 4 heteroatoms. The maximum absolute atomic E-state index is 6.48. The number of benzene rings is 7. The first kappa shape index (κ1) is 34.3. The van der Waals surface area contributed by atoms with Crippen molar-refractivity contribution in [3.8, 4) is 27.9 Å². The van der Waals surface area contributed by atoms with E-state index in [1.807, 2.05) is 0 Å². The minimum Gasteiger partial charge on any atom is -0.456 e. The molecule has 1 N–H and O–H groups in total. The van der Waals surface area contributed by atoms with E-state index in [0.29, 0.717) is 0 Å². The molecular formula is C53H47BN2O. The summed E-state index contributed by atoms with van der Waals surface area (Å²) >= 11 is 0. The summed E-state index contributed by atoms with van der Waals surface area (Å²) in [5.74, 6) is 0. The Morgan fingerprint density at radius 2 is 1.30 bits per heavy atom. The zero-order valence-electron chi connectivity index (χ0n) is 34.2. The van der Waals surface area contributed by atoms with E-state index in [1.54, 1.807) is 0 Å². The highest BCUT2D eigenvalue weighted by molar-refractivity contribution is 6.73. The topological polar surface area (TPSA) is 30.1 Å². The van der Waals surface area contributed by atoms with Gasteiger partial charge in [0.2, 0.25) is 0 Å². The zero-order chi connectivity index (χ0) is 39.2. The fraction of sp³-hybridized carbons (Fsp3) is 0.208. The van der Waals surface area contributed by atoms with Gasteiger partial charge in [0, 0.05) is 55.1 Å². The number of furan rings is 1. The standard InChI is InChI=1S/C53H47BN2O/c1-51(2,3)30-17-20-32(21-18-30)55-44-27-37-33-13-9-11-15-41(33)53(7,8)42(37)26-38(44)35-22-23-36-39-29-48-40(34-14-10-12-16-47(34)57-48)28-46(39)56-45-24-19-31(52(4,5)6)25-43(45)54-49(35)50(36)56/h9-29,54-55H,1-8H3. The quantitative estimate of drug-likeness (QED) is 0.183. The molecule has 0 atom stereocenters. The van der Waals surface area contributed by atoms with Crippen LogP contribution in [0.2, 0.25) is 0 Å². The van der Waals surface area contributed by atoms with E-state index in [9.17, 15) is 0 Å². The van der Waals surface area contributed by atoms with Crippen LogP contribution in [0.15, 0.2) is 132 Å². The number of hydrogen-bond acceptors (Lipinski definition) is 2. The van der Waals surface area contributed by atoms with Gasteiger partial charge in [0.15, 0.2) is 7.28 Å². The third-order valence-electron chi connectivity index (χ3n) is 13.1. The molecule has 278 valence electrons. The SMILES string of the molecule is CC(C)(C)c1ccc(Nc2cc3c(cc2-c2ccc4c5cc6oc7ccccc7c6cc5n5c4c2Bc2cc(C(C)(C)C)ccc2-5)C(C)(C)c2ccccc2-3)cc1. The van der Waals surface area contributed by atoms with Gasteiger partial charge in [-0.25, -0.2) is 0 Å². The lowest BCUT2D eigenvalue weighted by Gasteiger charge is -2.27. The van der Waals surface area contributed by atoms with Crippen LogP contribution in [0.4, 0.5) is 11.4 Å². The van der Waals surface area contributed by atoms with E-state index >= 15 is 0 Å². The van der Waals surface area contributed by atoms with Crippen molar-refractivity contribution in [1.29, 1.82) is 0 Å². The van der Waals surface area contributed by atoms with Crippen molar-refractivity contribution in [2.24, 2.45) is 0 Å². The van der Waals surface area contributed by atoms with E-state index in [1.165, 1.54) is 82.9 Å². The van der Waals surface area contributed by atoms with E-state index in [0.717, 1.165) is 40.6 Å². The number of hydrogen-bond donors (Lipinski definition) is 1. The fourth-order valence-electron chi connectivity index (χ4n) is 9.96. The average Bonchev–Trinajstić information content (AvgIpc) is 3.79. The lowest BCUT2D eigenvalue weighted by molar-refractivity contribution is 0.590. The molecular weight excluding hydrogens is 691 g/mol. The third kappa shape index (κ3) is 4.99. The number of anilines is 2. The molecule has 3 nitrogen and oxygen atoms in total. The highest BCUT2D eigenvalue weighted by Crippen LogP contribution is 2.52. The Bertz CT molecular complexity index is 3160. The van der Waals surface area contributed by atoms with Gasteiger partial charge in [-0.3, -0.25) is 0 Å². The number of fused-ring (bicyclic) bond motifs is 11. The van der Waals surface area contributed by atoms with Crippen molar-refractivity contribution >= 4 is 73.3 Å². The number of rotatable bonds is 3. The summed E-state index contributed by atoms with van der Waals surface area (Å²) in [6.07, 6.45) is 0. The van der Waals surface area contributed by atoms with Crippen molar-refractivity contribution in [3.05, 3.63) is 150 Å². The third-order valence-corrected chi connectivity index (χ3v) is 13.1. The molecule has 0 fully saturated rings. The predicted molar refractivity (Wildman–Crippen MR) is 245 cm³/mol. The van der Waals surface area contributed by atoms with Crippen LogP contribution in [-0.4, -0.2) is 11.8 Å². The van der Waals surface area contributed by atoms with Crippen LogP contribution in [0, 0.1) is 0 Å². The largest absolute Gasteiger partial charge is 0.456 e. The molecule has 2 aromatic heterocycles. The van der Waals surface area contributed by atoms with Crippen molar-refractivity contribution in [2.45, 2.75) is 71.6 Å². The van der Waals surface area contributed by atoms with Gasteiger partial charge in [0.05, 0.1) is 5.52 Å². The van der Waals surface area contributed by atoms with Crippen LogP contribution >= 0.6 is 0 Å². The summed E-state index contributed by atoms with van der Waals surface area (Å²) < 4.78 is 9.04. The second kappa shape index (κ2) is 11.5. The minimum absolute atomic E-state index is 0.0327. The number of para-hydroxylation sites is 1. The summed E-state index contributed by atoms with van der Waals surface area (Å²) in [6.45, 7) is 18.5. The molecule has 0 bridgehead atoms. The van der Waals surface area contributed by atoms with Gasteiger partial charge >= 0.3 is 0 Å². The van der Waals surface area contributed by atoms with Crippen LogP contribution in [0.5, 0.6) is 0 Å². The highest BCUT2D eigenvalue weighted by atomic mass is 16.3. The van der Waals surface area contributed by atoms with Crippen molar-refractivity contribution in [2.75, 3.05) is 5.32 Å².